The molecule has 0 aliphatic carbocycles. The molecule has 0 spiro atoms. The number of carboxylic acid groups (broad SMARTS) is 1. The van der Waals surface area contributed by atoms with Gasteiger partial charge < -0.3 is 26.2 Å². The maximum absolute atomic E-state index is 12.2. The molecule has 2 rings (SSSR count). The summed E-state index contributed by atoms with van der Waals surface area (Å²) in [7, 11) is 0. The molecule has 24 heavy (non-hydrogen) atoms. The number of rotatable bonds is 7. The number of pyridine rings is 1. The number of aryl methyl sites for hydroxylation is 1. The Bertz CT molecular complexity index is 697. The zero-order chi connectivity index (χ0) is 17.5. The van der Waals surface area contributed by atoms with Crippen LogP contribution in [0, 0.1) is 6.92 Å². The van der Waals surface area contributed by atoms with Gasteiger partial charge in [-0.3, -0.25) is 4.79 Å². The van der Waals surface area contributed by atoms with E-state index in [1.165, 1.54) is 6.20 Å². The van der Waals surface area contributed by atoms with Gasteiger partial charge in [-0.15, -0.1) is 0 Å². The number of amides is 2. The topological polar surface area (TPSA) is 139 Å². The molecule has 0 aliphatic rings. The molecule has 0 atom stereocenters. The van der Waals surface area contributed by atoms with Crippen LogP contribution < -0.4 is 21.1 Å². The Balaban J connectivity index is 1.84. The summed E-state index contributed by atoms with van der Waals surface area (Å²) in [4.78, 5) is 26.5. The highest BCUT2D eigenvalue weighted by Crippen LogP contribution is 2.22. The Morgan fingerprint density at radius 3 is 2.79 bits per heavy atom. The van der Waals surface area contributed by atoms with Crippen LogP contribution in [0.5, 0.6) is 5.88 Å². The molecule has 0 aromatic carbocycles. The van der Waals surface area contributed by atoms with E-state index in [0.29, 0.717) is 47.4 Å². The summed E-state index contributed by atoms with van der Waals surface area (Å²) in [5, 5.41) is 13.7. The first-order chi connectivity index (χ1) is 11.5. The molecule has 0 bridgehead atoms. The van der Waals surface area contributed by atoms with Gasteiger partial charge in [0.15, 0.2) is 0 Å². The number of ether oxygens (including phenoxy) is 1. The summed E-state index contributed by atoms with van der Waals surface area (Å²) in [5.74, 6) is 0.0465. The van der Waals surface area contributed by atoms with Gasteiger partial charge in [0.2, 0.25) is 5.88 Å². The van der Waals surface area contributed by atoms with Gasteiger partial charge in [-0.05, 0) is 30.9 Å². The van der Waals surface area contributed by atoms with Crippen LogP contribution in [0.1, 0.15) is 22.5 Å². The number of nitrogens with zero attached hydrogens (tertiary/aromatic N) is 2. The zero-order valence-electron chi connectivity index (χ0n) is 12.9. The van der Waals surface area contributed by atoms with E-state index in [4.69, 9.17) is 15.6 Å². The minimum atomic E-state index is -1.06. The van der Waals surface area contributed by atoms with Crippen molar-refractivity contribution in [3.63, 3.8) is 0 Å². The quantitative estimate of drug-likeness (QED) is 0.557. The fourth-order valence-electron chi connectivity index (χ4n) is 1.84. The highest BCUT2D eigenvalue weighted by atomic mass is 32.1. The first-order valence-corrected chi connectivity index (χ1v) is 7.83. The number of hydrogen-bond donors (Lipinski definition) is 4. The SMILES string of the molecule is Cc1nsc(N)c1C(=O)Nc1ccc(OCCCNC(=O)O)nc1. The van der Waals surface area contributed by atoms with Crippen LogP contribution in [-0.2, 0) is 0 Å². The highest BCUT2D eigenvalue weighted by molar-refractivity contribution is 7.10. The second kappa shape index (κ2) is 8.11. The number of carbonyl (C=O) groups excluding carboxylic acids is 1. The van der Waals surface area contributed by atoms with Crippen molar-refractivity contribution in [2.45, 2.75) is 13.3 Å². The van der Waals surface area contributed by atoms with Gasteiger partial charge in [-0.25, -0.2) is 9.78 Å². The van der Waals surface area contributed by atoms with Gasteiger partial charge in [-0.2, -0.15) is 4.37 Å². The van der Waals surface area contributed by atoms with Crippen LogP contribution >= 0.6 is 11.5 Å². The van der Waals surface area contributed by atoms with Gasteiger partial charge in [0.25, 0.3) is 5.91 Å². The van der Waals surface area contributed by atoms with Crippen molar-refractivity contribution in [3.8, 4) is 5.88 Å². The molecule has 2 heterocycles. The van der Waals surface area contributed by atoms with E-state index in [1.807, 2.05) is 0 Å². The van der Waals surface area contributed by atoms with E-state index < -0.39 is 6.09 Å². The van der Waals surface area contributed by atoms with Crippen LogP contribution in [0.25, 0.3) is 0 Å². The van der Waals surface area contributed by atoms with Crippen LogP contribution in [0.3, 0.4) is 0 Å². The summed E-state index contributed by atoms with van der Waals surface area (Å²) in [6.07, 6.45) is 0.925. The minimum Gasteiger partial charge on any atom is -0.478 e. The molecule has 0 radical (unpaired) electrons. The first-order valence-electron chi connectivity index (χ1n) is 7.06. The smallest absolute Gasteiger partial charge is 0.404 e. The molecular formula is C14H17N5O4S. The monoisotopic (exact) mass is 351 g/mol. The van der Waals surface area contributed by atoms with Gasteiger partial charge in [-0.1, -0.05) is 0 Å². The van der Waals surface area contributed by atoms with E-state index in [9.17, 15) is 9.59 Å². The van der Waals surface area contributed by atoms with Crippen LogP contribution in [-0.4, -0.2) is 39.6 Å². The molecule has 10 heteroatoms. The van der Waals surface area contributed by atoms with Crippen LogP contribution in [0.4, 0.5) is 15.5 Å². The lowest BCUT2D eigenvalue weighted by molar-refractivity contribution is 0.102. The molecule has 0 fully saturated rings. The lowest BCUT2D eigenvalue weighted by Gasteiger charge is -2.07. The third kappa shape index (κ3) is 4.81. The molecule has 0 saturated carbocycles. The number of nitrogen functional groups attached to an aromatic ring is 1. The second-order valence-corrected chi connectivity index (χ2v) is 5.59. The highest BCUT2D eigenvalue weighted by Gasteiger charge is 2.16. The van der Waals surface area contributed by atoms with Crippen molar-refractivity contribution in [1.82, 2.24) is 14.7 Å². The predicted molar refractivity (Wildman–Crippen MR) is 89.6 cm³/mol. The normalized spacial score (nSPS) is 10.2. The largest absolute Gasteiger partial charge is 0.478 e. The third-order valence-electron chi connectivity index (χ3n) is 2.96. The van der Waals surface area contributed by atoms with Crippen molar-refractivity contribution in [2.24, 2.45) is 0 Å². The van der Waals surface area contributed by atoms with E-state index >= 15 is 0 Å². The molecule has 0 unspecified atom stereocenters. The lowest BCUT2D eigenvalue weighted by Crippen LogP contribution is -2.23. The second-order valence-electron chi connectivity index (χ2n) is 4.78. The van der Waals surface area contributed by atoms with Crippen molar-refractivity contribution in [1.29, 1.82) is 0 Å². The first kappa shape index (κ1) is 17.5. The Morgan fingerprint density at radius 2 is 2.21 bits per heavy atom. The van der Waals surface area contributed by atoms with Gasteiger partial charge in [0.05, 0.1) is 29.7 Å². The molecule has 0 saturated heterocycles. The lowest BCUT2D eigenvalue weighted by atomic mass is 10.2. The molecule has 9 nitrogen and oxygen atoms in total. The number of carbonyl (C=O) groups is 2. The predicted octanol–water partition coefficient (Wildman–Crippen LogP) is 1.72. The number of anilines is 2. The maximum Gasteiger partial charge on any atom is 0.404 e. The average molecular weight is 351 g/mol. The summed E-state index contributed by atoms with van der Waals surface area (Å²) < 4.78 is 9.40. The Hall–Kier alpha value is -2.88. The van der Waals surface area contributed by atoms with Crippen molar-refractivity contribution < 1.29 is 19.4 Å². The molecule has 0 aliphatic heterocycles. The molecule has 2 amide bonds. The van der Waals surface area contributed by atoms with Gasteiger partial charge in [0, 0.05) is 12.6 Å². The third-order valence-corrected chi connectivity index (χ3v) is 3.72. The Labute approximate surface area is 142 Å². The number of hydrogen-bond acceptors (Lipinski definition) is 7. The number of nitrogens with two attached hydrogens (primary N) is 1. The standard InChI is InChI=1S/C14H17N5O4S/c1-8-11(12(15)24-19-8)13(20)18-9-3-4-10(17-7-9)23-6-2-5-16-14(21)22/h3-4,7,16H,2,5-6,15H2,1H3,(H,18,20)(H,21,22). The molecule has 2 aromatic rings. The molecule has 128 valence electrons. The van der Waals surface area contributed by atoms with Crippen LogP contribution in [0.15, 0.2) is 18.3 Å². The van der Waals surface area contributed by atoms with Crippen molar-refractivity contribution in [2.75, 3.05) is 24.2 Å². The van der Waals surface area contributed by atoms with E-state index in [1.54, 1.807) is 19.1 Å². The summed E-state index contributed by atoms with van der Waals surface area (Å²) >= 11 is 1.08. The van der Waals surface area contributed by atoms with Crippen molar-refractivity contribution >= 4 is 34.2 Å². The van der Waals surface area contributed by atoms with Crippen LogP contribution in [0.2, 0.25) is 0 Å². The van der Waals surface area contributed by atoms with Crippen molar-refractivity contribution in [3.05, 3.63) is 29.6 Å². The van der Waals surface area contributed by atoms with E-state index in [2.05, 4.69) is 20.0 Å². The van der Waals surface area contributed by atoms with E-state index in [-0.39, 0.29) is 5.91 Å². The summed E-state index contributed by atoms with van der Waals surface area (Å²) in [6, 6.07) is 3.27. The number of nitrogens with one attached hydrogen (secondary N) is 2. The van der Waals surface area contributed by atoms with Gasteiger partial charge in [0.1, 0.15) is 5.00 Å². The molecule has 5 N–H and O–H groups in total. The Kier molecular flexibility index (Phi) is 5.90. The fourth-order valence-corrected chi connectivity index (χ4v) is 2.50. The fraction of sp³-hybridized carbons (Fsp3) is 0.286. The minimum absolute atomic E-state index is 0.304. The zero-order valence-corrected chi connectivity index (χ0v) is 13.7. The molecular weight excluding hydrogens is 334 g/mol. The van der Waals surface area contributed by atoms with E-state index in [0.717, 1.165) is 11.5 Å². The van der Waals surface area contributed by atoms with Gasteiger partial charge >= 0.3 is 6.09 Å². The molecule has 2 aromatic heterocycles. The summed E-state index contributed by atoms with van der Waals surface area (Å²) in [5.41, 5.74) is 7.19. The average Bonchev–Trinajstić information content (AvgIpc) is 2.87. The Morgan fingerprint density at radius 1 is 1.42 bits per heavy atom. The maximum atomic E-state index is 12.2. The summed E-state index contributed by atoms with van der Waals surface area (Å²) in [6.45, 7) is 2.35. The number of aromatic nitrogens is 2.